The van der Waals surface area contributed by atoms with Gasteiger partial charge in [-0.25, -0.2) is 4.68 Å². The maximum atomic E-state index is 12.5. The first kappa shape index (κ1) is 13.6. The third-order valence-corrected chi connectivity index (χ3v) is 3.64. The van der Waals surface area contributed by atoms with E-state index in [1.54, 1.807) is 11.1 Å². The van der Waals surface area contributed by atoms with E-state index >= 15 is 0 Å². The van der Waals surface area contributed by atoms with Crippen LogP contribution < -0.4 is 15.5 Å². The number of rotatable bonds is 3. The fraction of sp³-hybridized carbons (Fsp3) is 0.357. The average molecular weight is 286 g/mol. The van der Waals surface area contributed by atoms with Crippen LogP contribution in [0, 0.1) is 0 Å². The number of hydrogen-bond donors (Lipinski definition) is 1. The van der Waals surface area contributed by atoms with E-state index in [2.05, 4.69) is 15.2 Å². The molecule has 1 aromatic heterocycles. The molecular weight excluding hydrogens is 268 g/mol. The van der Waals surface area contributed by atoms with Crippen molar-refractivity contribution in [2.75, 3.05) is 29.9 Å². The lowest BCUT2D eigenvalue weighted by molar-refractivity contribution is -0.119. The van der Waals surface area contributed by atoms with Gasteiger partial charge in [0, 0.05) is 26.7 Å². The molecule has 0 bridgehead atoms. The van der Waals surface area contributed by atoms with E-state index < -0.39 is 0 Å². The van der Waals surface area contributed by atoms with E-state index in [0.29, 0.717) is 18.8 Å². The van der Waals surface area contributed by atoms with E-state index in [4.69, 9.17) is 5.73 Å². The quantitative estimate of drug-likeness (QED) is 0.873. The molecule has 2 aromatic rings. The number of anilines is 2. The minimum atomic E-state index is 0.00372. The van der Waals surface area contributed by atoms with Crippen molar-refractivity contribution in [1.29, 1.82) is 0 Å². The Bertz CT molecular complexity index is 652. The topological polar surface area (TPSA) is 80.3 Å². The molecule has 7 nitrogen and oxygen atoms in total. The molecule has 3 rings (SSSR count). The second-order valence-electron chi connectivity index (χ2n) is 5.07. The first-order chi connectivity index (χ1) is 10.2. The standard InChI is InChI=1S/C14H18N6O/c1-18-6-7-20(13-5-3-2-4-12(13)18)14(21)10-19-9-11(8-15)16-17-19/h2-5,9H,6-8,10,15H2,1H3. The zero-order chi connectivity index (χ0) is 14.8. The van der Waals surface area contributed by atoms with Crippen molar-refractivity contribution in [2.24, 2.45) is 5.73 Å². The van der Waals surface area contributed by atoms with Crippen LogP contribution in [0.4, 0.5) is 11.4 Å². The summed E-state index contributed by atoms with van der Waals surface area (Å²) in [4.78, 5) is 16.5. The molecule has 7 heteroatoms. The summed E-state index contributed by atoms with van der Waals surface area (Å²) in [5, 5.41) is 7.82. The third-order valence-electron chi connectivity index (χ3n) is 3.64. The second kappa shape index (κ2) is 5.53. The van der Waals surface area contributed by atoms with Gasteiger partial charge in [0.05, 0.1) is 23.3 Å². The molecule has 0 fully saturated rings. The lowest BCUT2D eigenvalue weighted by Crippen LogP contribution is -2.44. The number of aromatic nitrogens is 3. The van der Waals surface area contributed by atoms with Gasteiger partial charge >= 0.3 is 0 Å². The van der Waals surface area contributed by atoms with Gasteiger partial charge in [-0.05, 0) is 12.1 Å². The van der Waals surface area contributed by atoms with Crippen LogP contribution in [-0.2, 0) is 17.9 Å². The molecule has 0 aliphatic carbocycles. The van der Waals surface area contributed by atoms with Crippen molar-refractivity contribution in [3.63, 3.8) is 0 Å². The van der Waals surface area contributed by atoms with Crippen LogP contribution >= 0.6 is 0 Å². The third kappa shape index (κ3) is 2.59. The van der Waals surface area contributed by atoms with Crippen molar-refractivity contribution < 1.29 is 4.79 Å². The molecule has 0 radical (unpaired) electrons. The molecule has 21 heavy (non-hydrogen) atoms. The molecule has 2 N–H and O–H groups in total. The summed E-state index contributed by atoms with van der Waals surface area (Å²) in [7, 11) is 2.03. The lowest BCUT2D eigenvalue weighted by Gasteiger charge is -2.35. The van der Waals surface area contributed by atoms with Gasteiger partial charge < -0.3 is 15.5 Å². The van der Waals surface area contributed by atoms with Crippen molar-refractivity contribution >= 4 is 17.3 Å². The van der Waals surface area contributed by atoms with Gasteiger partial charge in [0.1, 0.15) is 6.54 Å². The largest absolute Gasteiger partial charge is 0.371 e. The zero-order valence-electron chi connectivity index (χ0n) is 11.9. The van der Waals surface area contributed by atoms with Gasteiger partial charge in [-0.2, -0.15) is 0 Å². The van der Waals surface area contributed by atoms with Gasteiger partial charge in [-0.1, -0.05) is 17.3 Å². The van der Waals surface area contributed by atoms with Gasteiger partial charge in [0.2, 0.25) is 5.91 Å². The molecule has 1 aliphatic rings. The van der Waals surface area contributed by atoms with Crippen molar-refractivity contribution in [1.82, 2.24) is 15.0 Å². The monoisotopic (exact) mass is 286 g/mol. The normalized spacial score (nSPS) is 14.2. The van der Waals surface area contributed by atoms with E-state index in [1.807, 2.05) is 31.3 Å². The first-order valence-electron chi connectivity index (χ1n) is 6.88. The van der Waals surface area contributed by atoms with Crippen LogP contribution in [-0.4, -0.2) is 41.0 Å². The Morgan fingerprint density at radius 2 is 2.05 bits per heavy atom. The number of likely N-dealkylation sites (N-methyl/N-ethyl adjacent to an activating group) is 1. The highest BCUT2D eigenvalue weighted by Crippen LogP contribution is 2.31. The number of nitrogens with zero attached hydrogens (tertiary/aromatic N) is 5. The maximum Gasteiger partial charge on any atom is 0.248 e. The lowest BCUT2D eigenvalue weighted by atomic mass is 10.1. The van der Waals surface area contributed by atoms with Gasteiger partial charge in [-0.3, -0.25) is 4.79 Å². The van der Waals surface area contributed by atoms with Crippen LogP contribution in [0.3, 0.4) is 0 Å². The summed E-state index contributed by atoms with van der Waals surface area (Å²) in [5.41, 5.74) is 8.19. The first-order valence-corrected chi connectivity index (χ1v) is 6.88. The smallest absolute Gasteiger partial charge is 0.248 e. The minimum absolute atomic E-state index is 0.00372. The number of nitrogens with two attached hydrogens (primary N) is 1. The zero-order valence-corrected chi connectivity index (χ0v) is 11.9. The van der Waals surface area contributed by atoms with E-state index in [9.17, 15) is 4.79 Å². The molecule has 1 amide bonds. The average Bonchev–Trinajstić information content (AvgIpc) is 2.95. The summed E-state index contributed by atoms with van der Waals surface area (Å²) >= 11 is 0. The molecule has 110 valence electrons. The molecular formula is C14H18N6O. The van der Waals surface area contributed by atoms with Crippen LogP contribution in [0.15, 0.2) is 30.5 Å². The van der Waals surface area contributed by atoms with E-state index in [1.165, 1.54) is 4.68 Å². The van der Waals surface area contributed by atoms with Crippen molar-refractivity contribution in [2.45, 2.75) is 13.1 Å². The highest BCUT2D eigenvalue weighted by Gasteiger charge is 2.25. The number of carbonyl (C=O) groups is 1. The Morgan fingerprint density at radius 3 is 2.76 bits per heavy atom. The molecule has 0 saturated heterocycles. The molecule has 1 aliphatic heterocycles. The van der Waals surface area contributed by atoms with Crippen LogP contribution in [0.25, 0.3) is 0 Å². The summed E-state index contributed by atoms with van der Waals surface area (Å²) in [6.45, 7) is 1.98. The Morgan fingerprint density at radius 1 is 1.29 bits per heavy atom. The Balaban J connectivity index is 1.80. The molecule has 1 aromatic carbocycles. The molecule has 0 saturated carbocycles. The van der Waals surface area contributed by atoms with Crippen LogP contribution in [0.2, 0.25) is 0 Å². The van der Waals surface area contributed by atoms with Gasteiger partial charge in [0.15, 0.2) is 0 Å². The molecule has 0 unspecified atom stereocenters. The SMILES string of the molecule is CN1CCN(C(=O)Cn2cc(CN)nn2)c2ccccc21. The van der Waals surface area contributed by atoms with E-state index in [-0.39, 0.29) is 12.5 Å². The Hall–Kier alpha value is -2.41. The van der Waals surface area contributed by atoms with Crippen LogP contribution in [0.1, 0.15) is 5.69 Å². The fourth-order valence-electron chi connectivity index (χ4n) is 2.50. The second-order valence-corrected chi connectivity index (χ2v) is 5.07. The predicted molar refractivity (Wildman–Crippen MR) is 80.0 cm³/mol. The number of carbonyl (C=O) groups excluding carboxylic acids is 1. The summed E-state index contributed by atoms with van der Waals surface area (Å²) < 4.78 is 1.53. The summed E-state index contributed by atoms with van der Waals surface area (Å²) in [6, 6.07) is 7.92. The number of benzene rings is 1. The van der Waals surface area contributed by atoms with Crippen molar-refractivity contribution in [3.8, 4) is 0 Å². The number of fused-ring (bicyclic) bond motifs is 1. The van der Waals surface area contributed by atoms with Crippen molar-refractivity contribution in [3.05, 3.63) is 36.2 Å². The Kier molecular flexibility index (Phi) is 3.57. The van der Waals surface area contributed by atoms with Crippen LogP contribution in [0.5, 0.6) is 0 Å². The fourth-order valence-corrected chi connectivity index (χ4v) is 2.50. The van der Waals surface area contributed by atoms with Gasteiger partial charge in [0.25, 0.3) is 0 Å². The van der Waals surface area contributed by atoms with Gasteiger partial charge in [-0.15, -0.1) is 5.10 Å². The number of hydrogen-bond acceptors (Lipinski definition) is 5. The minimum Gasteiger partial charge on any atom is -0.371 e. The Labute approximate surface area is 122 Å². The molecule has 2 heterocycles. The summed E-state index contributed by atoms with van der Waals surface area (Å²) in [6.07, 6.45) is 1.71. The number of amides is 1. The molecule has 0 atom stereocenters. The highest BCUT2D eigenvalue weighted by atomic mass is 16.2. The van der Waals surface area contributed by atoms with E-state index in [0.717, 1.165) is 17.9 Å². The number of para-hydroxylation sites is 2. The molecule has 0 spiro atoms. The summed E-state index contributed by atoms with van der Waals surface area (Å²) in [5.74, 6) is 0.00372. The maximum absolute atomic E-state index is 12.5. The predicted octanol–water partition coefficient (Wildman–Crippen LogP) is 0.220. The highest BCUT2D eigenvalue weighted by molar-refractivity contribution is 5.97.